The third-order valence-corrected chi connectivity index (χ3v) is 6.31. The zero-order valence-corrected chi connectivity index (χ0v) is 19.7. The SMILES string of the molecule is Cc1noc(C)c1-c1ccc(NC2CCC2)c(NC=O)c1.O=C1CCCN1c1ccc(F)c(F)c1. The minimum atomic E-state index is -0.915. The normalized spacial score (nSPS) is 15.3. The van der Waals surface area contributed by atoms with Gasteiger partial charge in [0, 0.05) is 36.3 Å². The second-order valence-electron chi connectivity index (χ2n) is 8.74. The Morgan fingerprint density at radius 1 is 1.06 bits per heavy atom. The van der Waals surface area contributed by atoms with Crippen LogP contribution in [-0.4, -0.2) is 30.1 Å². The summed E-state index contributed by atoms with van der Waals surface area (Å²) in [7, 11) is 0. The number of carbonyl (C=O) groups excluding carboxylic acids is 2. The van der Waals surface area contributed by atoms with E-state index < -0.39 is 11.6 Å². The van der Waals surface area contributed by atoms with Crippen LogP contribution in [0, 0.1) is 25.5 Å². The lowest BCUT2D eigenvalue weighted by molar-refractivity contribution is -0.117. The number of nitrogens with zero attached hydrogens (tertiary/aromatic N) is 2. The number of halogens is 2. The van der Waals surface area contributed by atoms with Crippen LogP contribution in [0.5, 0.6) is 0 Å². The van der Waals surface area contributed by atoms with Gasteiger partial charge in [0.15, 0.2) is 11.6 Å². The Balaban J connectivity index is 0.000000179. The van der Waals surface area contributed by atoms with Crippen LogP contribution in [0.4, 0.5) is 25.8 Å². The Morgan fingerprint density at radius 2 is 1.86 bits per heavy atom. The number of carbonyl (C=O) groups is 2. The van der Waals surface area contributed by atoms with Crippen LogP contribution in [-0.2, 0) is 9.59 Å². The summed E-state index contributed by atoms with van der Waals surface area (Å²) in [4.78, 5) is 23.6. The minimum Gasteiger partial charge on any atom is -0.381 e. The third-order valence-electron chi connectivity index (χ3n) is 6.31. The number of nitrogens with one attached hydrogen (secondary N) is 2. The first-order chi connectivity index (χ1) is 16.9. The van der Waals surface area contributed by atoms with Crippen molar-refractivity contribution in [1.82, 2.24) is 5.16 Å². The number of anilines is 3. The standard InChI is InChI=1S/C16H19N3O2.C10H9F2NO/c1-10-16(11(2)21-19-10)12-6-7-14(15(8-12)17-9-20)18-13-4-3-5-13;11-8-4-3-7(6-9(8)12)13-5-1-2-10(13)14/h6-9,13,18H,3-5H2,1-2H3,(H,17,20);3-4,6H,1-2,5H2. The number of aromatic nitrogens is 1. The maximum Gasteiger partial charge on any atom is 0.227 e. The van der Waals surface area contributed by atoms with E-state index in [9.17, 15) is 18.4 Å². The molecule has 2 N–H and O–H groups in total. The molecule has 0 bridgehead atoms. The van der Waals surface area contributed by atoms with Crippen molar-refractivity contribution in [2.24, 2.45) is 0 Å². The second-order valence-corrected chi connectivity index (χ2v) is 8.74. The molecule has 5 rings (SSSR count). The molecule has 0 spiro atoms. The van der Waals surface area contributed by atoms with E-state index in [2.05, 4.69) is 15.8 Å². The first-order valence-electron chi connectivity index (χ1n) is 11.7. The molecule has 3 aromatic rings. The zero-order chi connectivity index (χ0) is 24.9. The van der Waals surface area contributed by atoms with Crippen LogP contribution in [0.1, 0.15) is 43.6 Å². The summed E-state index contributed by atoms with van der Waals surface area (Å²) in [5, 5.41) is 10.2. The number of rotatable bonds is 6. The molecule has 2 aliphatic rings. The first-order valence-corrected chi connectivity index (χ1v) is 11.7. The molecule has 1 aliphatic heterocycles. The van der Waals surface area contributed by atoms with E-state index in [0.717, 1.165) is 52.5 Å². The lowest BCUT2D eigenvalue weighted by atomic mass is 9.92. The van der Waals surface area contributed by atoms with Gasteiger partial charge >= 0.3 is 0 Å². The van der Waals surface area contributed by atoms with Crippen LogP contribution in [0.15, 0.2) is 40.9 Å². The van der Waals surface area contributed by atoms with Crippen LogP contribution >= 0.6 is 0 Å². The van der Waals surface area contributed by atoms with E-state index in [4.69, 9.17) is 4.52 Å². The molecule has 1 aromatic heterocycles. The molecule has 2 heterocycles. The van der Waals surface area contributed by atoms with Gasteiger partial charge in [-0.25, -0.2) is 8.78 Å². The van der Waals surface area contributed by atoms with Crippen molar-refractivity contribution in [3.63, 3.8) is 0 Å². The average Bonchev–Trinajstić information content (AvgIpc) is 3.38. The largest absolute Gasteiger partial charge is 0.381 e. The first kappa shape index (κ1) is 24.4. The molecule has 35 heavy (non-hydrogen) atoms. The van der Waals surface area contributed by atoms with Crippen LogP contribution < -0.4 is 15.5 Å². The topological polar surface area (TPSA) is 87.5 Å². The molecule has 0 unspecified atom stereocenters. The van der Waals surface area contributed by atoms with Crippen LogP contribution in [0.2, 0.25) is 0 Å². The Morgan fingerprint density at radius 3 is 2.43 bits per heavy atom. The van der Waals surface area contributed by atoms with Crippen LogP contribution in [0.3, 0.4) is 0 Å². The lowest BCUT2D eigenvalue weighted by Gasteiger charge is -2.28. The maximum atomic E-state index is 12.8. The Labute approximate surface area is 202 Å². The molecular formula is C26H28F2N4O3. The molecule has 7 nitrogen and oxygen atoms in total. The fourth-order valence-electron chi connectivity index (χ4n) is 4.25. The predicted octanol–water partition coefficient (Wildman–Crippen LogP) is 5.58. The highest BCUT2D eigenvalue weighted by atomic mass is 19.2. The average molecular weight is 483 g/mol. The number of aryl methyl sites for hydroxylation is 2. The highest BCUT2D eigenvalue weighted by Gasteiger charge is 2.22. The lowest BCUT2D eigenvalue weighted by Crippen LogP contribution is -2.27. The second kappa shape index (κ2) is 10.7. The van der Waals surface area contributed by atoms with Crippen molar-refractivity contribution in [1.29, 1.82) is 0 Å². The van der Waals surface area contributed by atoms with E-state index in [0.29, 0.717) is 31.1 Å². The predicted molar refractivity (Wildman–Crippen MR) is 130 cm³/mol. The fourth-order valence-corrected chi connectivity index (χ4v) is 4.25. The van der Waals surface area contributed by atoms with Gasteiger partial charge in [0.05, 0.1) is 17.1 Å². The number of benzene rings is 2. The summed E-state index contributed by atoms with van der Waals surface area (Å²) in [6, 6.07) is 10.0. The monoisotopic (exact) mass is 482 g/mol. The minimum absolute atomic E-state index is 0.0315. The van der Waals surface area contributed by atoms with Gasteiger partial charge in [-0.15, -0.1) is 0 Å². The summed E-state index contributed by atoms with van der Waals surface area (Å²) in [5.74, 6) is -1.05. The highest BCUT2D eigenvalue weighted by molar-refractivity contribution is 5.95. The molecule has 1 saturated heterocycles. The van der Waals surface area contributed by atoms with Crippen molar-refractivity contribution < 1.29 is 22.9 Å². The maximum absolute atomic E-state index is 12.8. The van der Waals surface area contributed by atoms with Crippen molar-refractivity contribution >= 4 is 29.4 Å². The smallest absolute Gasteiger partial charge is 0.227 e. The summed E-state index contributed by atoms with van der Waals surface area (Å²) < 4.78 is 30.7. The molecule has 1 aliphatic carbocycles. The quantitative estimate of drug-likeness (QED) is 0.448. The molecule has 9 heteroatoms. The van der Waals surface area contributed by atoms with Crippen molar-refractivity contribution in [2.45, 2.75) is 52.0 Å². The third kappa shape index (κ3) is 5.50. The molecule has 184 valence electrons. The van der Waals surface area contributed by atoms with E-state index in [1.807, 2.05) is 32.0 Å². The van der Waals surface area contributed by atoms with Gasteiger partial charge in [-0.3, -0.25) is 9.59 Å². The Kier molecular flexibility index (Phi) is 7.43. The molecular weight excluding hydrogens is 454 g/mol. The van der Waals surface area contributed by atoms with Gasteiger partial charge in [0.2, 0.25) is 12.3 Å². The zero-order valence-electron chi connectivity index (χ0n) is 19.7. The Bertz CT molecular complexity index is 1200. The summed E-state index contributed by atoms with van der Waals surface area (Å²) in [5.41, 5.74) is 5.02. The van der Waals surface area contributed by atoms with E-state index in [1.165, 1.54) is 30.2 Å². The molecule has 2 amide bonds. The summed E-state index contributed by atoms with van der Waals surface area (Å²) in [6.07, 6.45) is 5.61. The van der Waals surface area contributed by atoms with E-state index in [1.54, 1.807) is 0 Å². The molecule has 0 radical (unpaired) electrons. The van der Waals surface area contributed by atoms with Gasteiger partial charge in [-0.2, -0.15) is 0 Å². The Hall–Kier alpha value is -3.75. The van der Waals surface area contributed by atoms with Gasteiger partial charge in [0.25, 0.3) is 0 Å². The number of amides is 2. The van der Waals surface area contributed by atoms with Gasteiger partial charge in [-0.05, 0) is 69.4 Å². The fraction of sp³-hybridized carbons (Fsp3) is 0.346. The van der Waals surface area contributed by atoms with E-state index >= 15 is 0 Å². The summed E-state index contributed by atoms with van der Waals surface area (Å²) in [6.45, 7) is 4.39. The van der Waals surface area contributed by atoms with Crippen molar-refractivity contribution in [2.75, 3.05) is 22.1 Å². The highest BCUT2D eigenvalue weighted by Crippen LogP contribution is 2.34. The van der Waals surface area contributed by atoms with Crippen molar-refractivity contribution in [3.8, 4) is 11.1 Å². The molecule has 2 aromatic carbocycles. The molecule has 1 saturated carbocycles. The van der Waals surface area contributed by atoms with Crippen LogP contribution in [0.25, 0.3) is 11.1 Å². The van der Waals surface area contributed by atoms with Gasteiger partial charge < -0.3 is 20.1 Å². The number of hydrogen-bond acceptors (Lipinski definition) is 5. The van der Waals surface area contributed by atoms with Gasteiger partial charge in [0.1, 0.15) is 5.76 Å². The number of hydrogen-bond donors (Lipinski definition) is 2. The molecule has 0 atom stereocenters. The molecule has 2 fully saturated rings. The summed E-state index contributed by atoms with van der Waals surface area (Å²) >= 11 is 0. The van der Waals surface area contributed by atoms with E-state index in [-0.39, 0.29) is 5.91 Å². The van der Waals surface area contributed by atoms with Crippen molar-refractivity contribution in [3.05, 3.63) is 59.5 Å². The van der Waals surface area contributed by atoms with Gasteiger partial charge in [-0.1, -0.05) is 11.2 Å².